The molecule has 0 rings (SSSR count). The molecule has 0 fully saturated rings. The van der Waals surface area contributed by atoms with Crippen LogP contribution in [0.4, 0.5) is 0 Å². The lowest BCUT2D eigenvalue weighted by molar-refractivity contribution is -0.136. The molecule has 9 heavy (non-hydrogen) atoms. The summed E-state index contributed by atoms with van der Waals surface area (Å²) in [5.41, 5.74) is 0. The molecule has 0 saturated heterocycles. The fraction of sp³-hybridized carbons (Fsp3) is 0.600. The predicted octanol–water partition coefficient (Wildman–Crippen LogP) is 2.02. The number of rotatable bonds is 5. The van der Waals surface area contributed by atoms with Crippen LogP contribution in [0.3, 0.4) is 0 Å². The van der Waals surface area contributed by atoms with Crippen LogP contribution in [-0.2, 0) is 4.79 Å². The first-order valence-electron chi connectivity index (χ1n) is 2.55. The standard InChI is InChI=1S/C5H9O2S2/c1-2-8-9-4-3-5(6)7/h2H,3-4H2,1H3,(H,6,7). The summed E-state index contributed by atoms with van der Waals surface area (Å²) in [4.78, 5) is 9.93. The molecule has 0 aliphatic heterocycles. The van der Waals surface area contributed by atoms with Crippen LogP contribution >= 0.6 is 21.6 Å². The van der Waals surface area contributed by atoms with Gasteiger partial charge in [-0.1, -0.05) is 28.5 Å². The van der Waals surface area contributed by atoms with Crippen molar-refractivity contribution in [1.29, 1.82) is 0 Å². The molecule has 1 N–H and O–H groups in total. The Bertz CT molecular complexity index is 85.0. The zero-order valence-corrected chi connectivity index (χ0v) is 6.80. The Hall–Kier alpha value is 0.170. The van der Waals surface area contributed by atoms with Crippen LogP contribution in [0.25, 0.3) is 0 Å². The molecule has 4 heteroatoms. The molecule has 0 aromatic heterocycles. The van der Waals surface area contributed by atoms with Crippen molar-refractivity contribution in [2.75, 3.05) is 5.75 Å². The third-order valence-electron chi connectivity index (χ3n) is 0.564. The molecule has 0 bridgehead atoms. The molecular formula is C5H9O2S2. The van der Waals surface area contributed by atoms with Gasteiger partial charge < -0.3 is 5.11 Å². The normalized spacial score (nSPS) is 9.44. The van der Waals surface area contributed by atoms with Crippen molar-refractivity contribution >= 4 is 27.6 Å². The number of hydrogen-bond acceptors (Lipinski definition) is 3. The van der Waals surface area contributed by atoms with Crippen LogP contribution in [0.1, 0.15) is 13.3 Å². The van der Waals surface area contributed by atoms with Crippen molar-refractivity contribution in [2.24, 2.45) is 0 Å². The van der Waals surface area contributed by atoms with Gasteiger partial charge in [-0.2, -0.15) is 0 Å². The average Bonchev–Trinajstić information content (AvgIpc) is 1.80. The molecule has 1 radical (unpaired) electrons. The number of carbonyl (C=O) groups is 1. The van der Waals surface area contributed by atoms with Crippen LogP contribution in [0.2, 0.25) is 0 Å². The Labute approximate surface area is 62.8 Å². The molecule has 53 valence electrons. The van der Waals surface area contributed by atoms with Gasteiger partial charge in [0.05, 0.1) is 6.42 Å². The van der Waals surface area contributed by atoms with Crippen LogP contribution in [0.15, 0.2) is 0 Å². The van der Waals surface area contributed by atoms with E-state index in [0.717, 1.165) is 0 Å². The fourth-order valence-electron chi connectivity index (χ4n) is 0.245. The third-order valence-corrected chi connectivity index (χ3v) is 2.75. The number of carboxylic acids is 1. The first kappa shape index (κ1) is 9.17. The van der Waals surface area contributed by atoms with E-state index in [1.54, 1.807) is 21.6 Å². The van der Waals surface area contributed by atoms with Crippen LogP contribution < -0.4 is 0 Å². The molecule has 0 unspecified atom stereocenters. The lowest BCUT2D eigenvalue weighted by Gasteiger charge is -1.92. The first-order valence-corrected chi connectivity index (χ1v) is 4.93. The van der Waals surface area contributed by atoms with Crippen molar-refractivity contribution in [1.82, 2.24) is 0 Å². The highest BCUT2D eigenvalue weighted by atomic mass is 33.1. The van der Waals surface area contributed by atoms with Crippen molar-refractivity contribution < 1.29 is 9.90 Å². The summed E-state index contributed by atoms with van der Waals surface area (Å²) >= 11 is 0. The van der Waals surface area contributed by atoms with Gasteiger partial charge in [0.1, 0.15) is 0 Å². The van der Waals surface area contributed by atoms with E-state index < -0.39 is 5.97 Å². The van der Waals surface area contributed by atoms with Gasteiger partial charge in [-0.05, 0) is 0 Å². The number of hydrogen-bond donors (Lipinski definition) is 1. The van der Waals surface area contributed by atoms with Gasteiger partial charge in [-0.15, -0.1) is 0 Å². The van der Waals surface area contributed by atoms with E-state index in [2.05, 4.69) is 0 Å². The molecule has 0 aliphatic rings. The van der Waals surface area contributed by atoms with E-state index in [4.69, 9.17) is 5.11 Å². The van der Waals surface area contributed by atoms with Crippen LogP contribution in [0.5, 0.6) is 0 Å². The van der Waals surface area contributed by atoms with Gasteiger partial charge in [0, 0.05) is 11.5 Å². The minimum absolute atomic E-state index is 0.255. The number of carboxylic acid groups (broad SMARTS) is 1. The Morgan fingerprint density at radius 2 is 2.44 bits per heavy atom. The second-order valence-electron chi connectivity index (χ2n) is 1.30. The largest absolute Gasteiger partial charge is 0.481 e. The first-order chi connectivity index (χ1) is 4.27. The highest BCUT2D eigenvalue weighted by Gasteiger charge is 1.94. The summed E-state index contributed by atoms with van der Waals surface area (Å²) < 4.78 is 0. The second kappa shape index (κ2) is 6.29. The van der Waals surface area contributed by atoms with Gasteiger partial charge in [0.15, 0.2) is 0 Å². The van der Waals surface area contributed by atoms with Crippen molar-refractivity contribution in [2.45, 2.75) is 13.3 Å². The van der Waals surface area contributed by atoms with E-state index in [-0.39, 0.29) is 6.42 Å². The molecule has 0 atom stereocenters. The van der Waals surface area contributed by atoms with E-state index >= 15 is 0 Å². The lowest BCUT2D eigenvalue weighted by Crippen LogP contribution is -1.94. The van der Waals surface area contributed by atoms with E-state index in [1.807, 2.05) is 12.7 Å². The lowest BCUT2D eigenvalue weighted by atomic mass is 10.5. The Kier molecular flexibility index (Phi) is 6.41. The van der Waals surface area contributed by atoms with Crippen molar-refractivity contribution in [3.63, 3.8) is 0 Å². The molecule has 0 spiro atoms. The summed E-state index contributed by atoms with van der Waals surface area (Å²) in [5, 5.41) is 8.18. The number of aliphatic carboxylic acids is 1. The molecular weight excluding hydrogens is 156 g/mol. The summed E-state index contributed by atoms with van der Waals surface area (Å²) in [6.07, 6.45) is 0.255. The minimum Gasteiger partial charge on any atom is -0.481 e. The van der Waals surface area contributed by atoms with Gasteiger partial charge in [0.25, 0.3) is 0 Å². The van der Waals surface area contributed by atoms with Gasteiger partial charge >= 0.3 is 5.97 Å². The second-order valence-corrected chi connectivity index (χ2v) is 3.89. The quantitative estimate of drug-likeness (QED) is 0.499. The highest BCUT2D eigenvalue weighted by molar-refractivity contribution is 8.77. The van der Waals surface area contributed by atoms with Gasteiger partial charge in [-0.25, -0.2) is 0 Å². The zero-order chi connectivity index (χ0) is 7.11. The maximum atomic E-state index is 9.93. The summed E-state index contributed by atoms with van der Waals surface area (Å²) in [6, 6.07) is 0. The molecule has 0 aliphatic carbocycles. The van der Waals surface area contributed by atoms with Crippen molar-refractivity contribution in [3.05, 3.63) is 5.75 Å². The van der Waals surface area contributed by atoms with Crippen molar-refractivity contribution in [3.8, 4) is 0 Å². The van der Waals surface area contributed by atoms with E-state index in [1.165, 1.54) is 0 Å². The predicted molar refractivity (Wildman–Crippen MR) is 42.3 cm³/mol. The third kappa shape index (κ3) is 8.17. The summed E-state index contributed by atoms with van der Waals surface area (Å²) in [5.74, 6) is 1.90. The SMILES string of the molecule is C[CH]SSCCC(=O)O. The van der Waals surface area contributed by atoms with E-state index in [9.17, 15) is 4.79 Å². The maximum absolute atomic E-state index is 9.93. The molecule has 0 heterocycles. The fourth-order valence-corrected chi connectivity index (χ4v) is 1.68. The molecule has 2 nitrogen and oxygen atoms in total. The Balaban J connectivity index is 2.83. The maximum Gasteiger partial charge on any atom is 0.304 e. The van der Waals surface area contributed by atoms with E-state index in [0.29, 0.717) is 5.75 Å². The topological polar surface area (TPSA) is 37.3 Å². The van der Waals surface area contributed by atoms with Gasteiger partial charge in [-0.3, -0.25) is 4.79 Å². The molecule has 0 amide bonds. The van der Waals surface area contributed by atoms with Crippen LogP contribution in [0, 0.1) is 5.75 Å². The summed E-state index contributed by atoms with van der Waals surface area (Å²) in [7, 11) is 3.14. The highest BCUT2D eigenvalue weighted by Crippen LogP contribution is 2.23. The molecule has 0 aromatic carbocycles. The Morgan fingerprint density at radius 1 is 1.78 bits per heavy atom. The van der Waals surface area contributed by atoms with Gasteiger partial charge in [0.2, 0.25) is 0 Å². The minimum atomic E-state index is -0.723. The Morgan fingerprint density at radius 3 is 2.89 bits per heavy atom. The zero-order valence-electron chi connectivity index (χ0n) is 5.16. The molecule has 0 aromatic rings. The summed E-state index contributed by atoms with van der Waals surface area (Å²) in [6.45, 7) is 1.93. The monoisotopic (exact) mass is 165 g/mol. The average molecular weight is 165 g/mol. The van der Waals surface area contributed by atoms with Crippen LogP contribution in [-0.4, -0.2) is 16.8 Å². The smallest absolute Gasteiger partial charge is 0.304 e. The molecule has 0 saturated carbocycles.